The molecule has 2 aromatic carbocycles. The highest BCUT2D eigenvalue weighted by atomic mass is 35.5. The summed E-state index contributed by atoms with van der Waals surface area (Å²) in [6.07, 6.45) is 0.250. The largest absolute Gasteiger partial charge is 0.453 e. The summed E-state index contributed by atoms with van der Waals surface area (Å²) in [4.78, 5) is 11.9. The fourth-order valence-electron chi connectivity index (χ4n) is 1.98. The third-order valence-corrected chi connectivity index (χ3v) is 3.32. The van der Waals surface area contributed by atoms with Gasteiger partial charge < -0.3 is 10.1 Å². The fourth-order valence-corrected chi connectivity index (χ4v) is 2.52. The zero-order valence-electron chi connectivity index (χ0n) is 9.74. The molecular formula is C14H9Cl2NO2. The first kappa shape index (κ1) is 12.3. The Morgan fingerprint density at radius 1 is 1.16 bits per heavy atom. The van der Waals surface area contributed by atoms with Crippen molar-refractivity contribution < 1.29 is 9.53 Å². The van der Waals surface area contributed by atoms with Gasteiger partial charge in [-0.25, -0.2) is 0 Å². The number of ether oxygens (including phenoxy) is 1. The van der Waals surface area contributed by atoms with Gasteiger partial charge in [-0.3, -0.25) is 4.79 Å². The summed E-state index contributed by atoms with van der Waals surface area (Å²) < 4.78 is 5.81. The molecule has 1 amide bonds. The number of nitrogens with one attached hydrogen (secondary N) is 1. The highest BCUT2D eigenvalue weighted by molar-refractivity contribution is 6.36. The molecule has 2 aromatic rings. The smallest absolute Gasteiger partial charge is 0.229 e. The van der Waals surface area contributed by atoms with Crippen LogP contribution in [0.15, 0.2) is 36.4 Å². The molecule has 96 valence electrons. The molecule has 0 aromatic heterocycles. The van der Waals surface area contributed by atoms with E-state index in [2.05, 4.69) is 5.32 Å². The molecule has 1 aliphatic heterocycles. The van der Waals surface area contributed by atoms with Gasteiger partial charge in [-0.05, 0) is 18.2 Å². The maximum atomic E-state index is 11.9. The molecule has 1 N–H and O–H groups in total. The van der Waals surface area contributed by atoms with Crippen molar-refractivity contribution in [2.45, 2.75) is 6.42 Å². The molecule has 0 aliphatic carbocycles. The number of rotatable bonds is 0. The topological polar surface area (TPSA) is 38.3 Å². The minimum absolute atomic E-state index is 0.129. The maximum Gasteiger partial charge on any atom is 0.229 e. The number of benzene rings is 2. The number of hydrogen-bond donors (Lipinski definition) is 1. The molecule has 19 heavy (non-hydrogen) atoms. The Balaban J connectivity index is 2.17. The second-order valence-corrected chi connectivity index (χ2v) is 5.04. The van der Waals surface area contributed by atoms with Crippen LogP contribution < -0.4 is 10.1 Å². The van der Waals surface area contributed by atoms with Gasteiger partial charge in [-0.2, -0.15) is 0 Å². The predicted molar refractivity (Wildman–Crippen MR) is 75.3 cm³/mol. The van der Waals surface area contributed by atoms with Crippen LogP contribution in [0, 0.1) is 0 Å². The molecule has 1 heterocycles. The lowest BCUT2D eigenvalue weighted by atomic mass is 10.1. The minimum atomic E-state index is -0.129. The first-order chi connectivity index (χ1) is 9.13. The van der Waals surface area contributed by atoms with E-state index in [9.17, 15) is 4.79 Å². The van der Waals surface area contributed by atoms with Crippen molar-refractivity contribution >= 4 is 34.8 Å². The summed E-state index contributed by atoms with van der Waals surface area (Å²) in [5.41, 5.74) is 1.30. The van der Waals surface area contributed by atoms with Gasteiger partial charge >= 0.3 is 0 Å². The number of amides is 1. The average Bonchev–Trinajstić information content (AvgIpc) is 2.33. The van der Waals surface area contributed by atoms with Crippen molar-refractivity contribution in [1.82, 2.24) is 0 Å². The normalized spacial score (nSPS) is 13.5. The number of carbonyl (C=O) groups excluding carboxylic acids is 1. The van der Waals surface area contributed by atoms with E-state index in [-0.39, 0.29) is 12.3 Å². The molecule has 0 bridgehead atoms. The van der Waals surface area contributed by atoms with Crippen molar-refractivity contribution in [2.75, 3.05) is 5.32 Å². The molecular weight excluding hydrogens is 285 g/mol. The quantitative estimate of drug-likeness (QED) is 0.787. The third-order valence-electron chi connectivity index (χ3n) is 2.82. The number of halogens is 2. The van der Waals surface area contributed by atoms with Crippen LogP contribution in [-0.4, -0.2) is 5.91 Å². The van der Waals surface area contributed by atoms with Gasteiger partial charge in [0, 0.05) is 10.6 Å². The summed E-state index contributed by atoms with van der Waals surface area (Å²) in [5.74, 6) is 0.907. The van der Waals surface area contributed by atoms with E-state index in [1.165, 1.54) is 0 Å². The van der Waals surface area contributed by atoms with Crippen molar-refractivity contribution in [3.8, 4) is 11.5 Å². The maximum absolute atomic E-state index is 11.9. The molecule has 0 atom stereocenters. The minimum Gasteiger partial charge on any atom is -0.453 e. The van der Waals surface area contributed by atoms with Crippen LogP contribution >= 0.6 is 23.2 Å². The molecule has 0 spiro atoms. The fraction of sp³-hybridized carbons (Fsp3) is 0.0714. The Morgan fingerprint density at radius 2 is 1.95 bits per heavy atom. The molecule has 1 aliphatic rings. The van der Waals surface area contributed by atoms with E-state index in [1.807, 2.05) is 24.3 Å². The zero-order chi connectivity index (χ0) is 13.4. The van der Waals surface area contributed by atoms with Gasteiger partial charge in [0.15, 0.2) is 5.75 Å². The van der Waals surface area contributed by atoms with Gasteiger partial charge in [0.2, 0.25) is 5.91 Å². The summed E-state index contributed by atoms with van der Waals surface area (Å²) in [6, 6.07) is 10.6. The van der Waals surface area contributed by atoms with Crippen LogP contribution in [0.2, 0.25) is 10.0 Å². The Bertz CT molecular complexity index is 670. The van der Waals surface area contributed by atoms with Gasteiger partial charge in [-0.1, -0.05) is 41.4 Å². The average molecular weight is 294 g/mol. The number of anilines is 1. The molecule has 0 radical (unpaired) electrons. The SMILES string of the molecule is O=C1Cc2ccccc2Oc2c(Cl)cc(Cl)cc2N1. The Morgan fingerprint density at radius 3 is 2.79 bits per heavy atom. The molecule has 0 saturated heterocycles. The van der Waals surface area contributed by atoms with Crippen molar-refractivity contribution in [3.63, 3.8) is 0 Å². The second-order valence-electron chi connectivity index (χ2n) is 4.20. The lowest BCUT2D eigenvalue weighted by molar-refractivity contribution is -0.115. The number of fused-ring (bicyclic) bond motifs is 2. The van der Waals surface area contributed by atoms with E-state index in [0.29, 0.717) is 27.2 Å². The third kappa shape index (κ3) is 2.39. The van der Waals surface area contributed by atoms with Crippen LogP contribution in [-0.2, 0) is 11.2 Å². The lowest BCUT2D eigenvalue weighted by Gasteiger charge is -2.19. The van der Waals surface area contributed by atoms with E-state index in [0.717, 1.165) is 5.56 Å². The molecule has 3 rings (SSSR count). The van der Waals surface area contributed by atoms with E-state index < -0.39 is 0 Å². The Kier molecular flexibility index (Phi) is 3.09. The van der Waals surface area contributed by atoms with Crippen molar-refractivity contribution in [2.24, 2.45) is 0 Å². The number of para-hydroxylation sites is 1. The van der Waals surface area contributed by atoms with Gasteiger partial charge in [0.05, 0.1) is 17.1 Å². The number of carbonyl (C=O) groups is 1. The summed E-state index contributed by atoms with van der Waals surface area (Å²) in [5, 5.41) is 3.56. The molecule has 3 nitrogen and oxygen atoms in total. The van der Waals surface area contributed by atoms with Crippen LogP contribution in [0.4, 0.5) is 5.69 Å². The summed E-state index contributed by atoms with van der Waals surface area (Å²) in [6.45, 7) is 0. The van der Waals surface area contributed by atoms with Crippen LogP contribution in [0.3, 0.4) is 0 Å². The van der Waals surface area contributed by atoms with E-state index >= 15 is 0 Å². The van der Waals surface area contributed by atoms with Crippen molar-refractivity contribution in [3.05, 3.63) is 52.0 Å². The Hall–Kier alpha value is -1.71. The highest BCUT2D eigenvalue weighted by Crippen LogP contribution is 2.41. The molecule has 0 fully saturated rings. The van der Waals surface area contributed by atoms with E-state index in [1.54, 1.807) is 12.1 Å². The van der Waals surface area contributed by atoms with E-state index in [4.69, 9.17) is 27.9 Å². The predicted octanol–water partition coefficient (Wildman–Crippen LogP) is 4.28. The first-order valence-electron chi connectivity index (χ1n) is 5.68. The first-order valence-corrected chi connectivity index (χ1v) is 6.44. The summed E-state index contributed by atoms with van der Waals surface area (Å²) in [7, 11) is 0. The number of hydrogen-bond acceptors (Lipinski definition) is 2. The van der Waals surface area contributed by atoms with Gasteiger partial charge in [0.1, 0.15) is 5.75 Å². The molecule has 0 unspecified atom stereocenters. The lowest BCUT2D eigenvalue weighted by Crippen LogP contribution is -2.17. The van der Waals surface area contributed by atoms with Crippen LogP contribution in [0.25, 0.3) is 0 Å². The Labute approximate surface area is 120 Å². The standard InChI is InChI=1S/C14H9Cl2NO2/c15-9-6-10(16)14-11(7-9)17-13(18)5-8-3-1-2-4-12(8)19-14/h1-4,6-7H,5H2,(H,17,18). The van der Waals surface area contributed by atoms with Crippen LogP contribution in [0.1, 0.15) is 5.56 Å². The monoisotopic (exact) mass is 293 g/mol. The van der Waals surface area contributed by atoms with Gasteiger partial charge in [0.25, 0.3) is 0 Å². The summed E-state index contributed by atoms with van der Waals surface area (Å²) >= 11 is 12.1. The zero-order valence-corrected chi connectivity index (χ0v) is 11.3. The second kappa shape index (κ2) is 4.76. The highest BCUT2D eigenvalue weighted by Gasteiger charge is 2.19. The van der Waals surface area contributed by atoms with Crippen molar-refractivity contribution in [1.29, 1.82) is 0 Å². The van der Waals surface area contributed by atoms with Gasteiger partial charge in [-0.15, -0.1) is 0 Å². The van der Waals surface area contributed by atoms with Crippen LogP contribution in [0.5, 0.6) is 11.5 Å². The molecule has 5 heteroatoms. The molecule has 0 saturated carbocycles.